The molecule has 4 aliphatic carbocycles. The molecule has 0 aromatic heterocycles. The molecule has 1 spiro atoms. The highest BCUT2D eigenvalue weighted by Gasteiger charge is 2.77. The van der Waals surface area contributed by atoms with Crippen LogP contribution in [0.5, 0.6) is 0 Å². The molecule has 0 amide bonds. The third kappa shape index (κ3) is 1.65. The van der Waals surface area contributed by atoms with Crippen LogP contribution in [0.1, 0.15) is 58.8 Å². The second-order valence-electron chi connectivity index (χ2n) is 10.3. The van der Waals surface area contributed by atoms with Crippen LogP contribution in [0.15, 0.2) is 0 Å². The van der Waals surface area contributed by atoms with E-state index in [9.17, 15) is 20.1 Å². The van der Waals surface area contributed by atoms with Gasteiger partial charge in [0.1, 0.15) is 6.10 Å². The summed E-state index contributed by atoms with van der Waals surface area (Å²) < 4.78 is 5.78. The first-order valence-corrected chi connectivity index (χ1v) is 9.94. The van der Waals surface area contributed by atoms with Gasteiger partial charge in [-0.1, -0.05) is 13.3 Å². The molecule has 0 radical (unpaired) electrons. The van der Waals surface area contributed by atoms with Crippen molar-refractivity contribution >= 4 is 5.97 Å². The fraction of sp³-hybridized carbons (Fsp3) is 0.950. The number of rotatable bonds is 1. The minimum Gasteiger partial charge on any atom is -0.459 e. The summed E-state index contributed by atoms with van der Waals surface area (Å²) in [6.45, 7) is 3.99. The van der Waals surface area contributed by atoms with E-state index in [4.69, 9.17) is 4.74 Å². The number of hydrogen-bond donors (Lipinski definition) is 3. The van der Waals surface area contributed by atoms with Crippen molar-refractivity contribution in [3.63, 3.8) is 0 Å². The van der Waals surface area contributed by atoms with Crippen molar-refractivity contribution in [3.05, 3.63) is 0 Å². The lowest BCUT2D eigenvalue weighted by atomic mass is 9.40. The third-order valence-corrected chi connectivity index (χ3v) is 9.29. The number of esters is 1. The first-order chi connectivity index (χ1) is 11.7. The van der Waals surface area contributed by atoms with Crippen molar-refractivity contribution < 1.29 is 24.9 Å². The van der Waals surface area contributed by atoms with E-state index in [0.29, 0.717) is 12.8 Å². The average molecular weight is 350 g/mol. The summed E-state index contributed by atoms with van der Waals surface area (Å²) in [5.41, 5.74) is -2.06. The summed E-state index contributed by atoms with van der Waals surface area (Å²) in [4.78, 5) is 12.8. The Bertz CT molecular complexity index is 632. The summed E-state index contributed by atoms with van der Waals surface area (Å²) in [7, 11) is 0. The molecule has 3 N–H and O–H groups in total. The summed E-state index contributed by atoms with van der Waals surface area (Å²) >= 11 is 0. The molecule has 9 atom stereocenters. The van der Waals surface area contributed by atoms with Crippen LogP contribution in [0.2, 0.25) is 0 Å². The van der Waals surface area contributed by atoms with E-state index in [1.54, 1.807) is 0 Å². The van der Waals surface area contributed by atoms with Crippen LogP contribution in [-0.4, -0.2) is 45.7 Å². The quantitative estimate of drug-likeness (QED) is 0.626. The average Bonchev–Trinajstić information content (AvgIpc) is 2.97. The number of aliphatic hydroxyl groups is 3. The molecule has 5 nitrogen and oxygen atoms in total. The summed E-state index contributed by atoms with van der Waals surface area (Å²) in [5, 5.41) is 32.5. The number of fused-ring (bicyclic) bond motifs is 2. The van der Waals surface area contributed by atoms with Crippen molar-refractivity contribution in [1.29, 1.82) is 0 Å². The Morgan fingerprint density at radius 3 is 2.72 bits per heavy atom. The van der Waals surface area contributed by atoms with Gasteiger partial charge in [-0.25, -0.2) is 0 Å². The van der Waals surface area contributed by atoms with Crippen LogP contribution in [0.3, 0.4) is 0 Å². The molecule has 5 aliphatic rings. The fourth-order valence-electron chi connectivity index (χ4n) is 8.47. The minimum atomic E-state index is -0.835. The summed E-state index contributed by atoms with van der Waals surface area (Å²) in [5.74, 6) is 0.0781. The molecule has 5 heteroatoms. The second kappa shape index (κ2) is 4.60. The highest BCUT2D eigenvalue weighted by molar-refractivity contribution is 5.80. The molecular weight excluding hydrogens is 320 g/mol. The highest BCUT2D eigenvalue weighted by atomic mass is 16.6. The molecule has 140 valence electrons. The topological polar surface area (TPSA) is 87.0 Å². The van der Waals surface area contributed by atoms with Crippen molar-refractivity contribution in [1.82, 2.24) is 0 Å². The van der Waals surface area contributed by atoms with Crippen molar-refractivity contribution in [2.75, 3.05) is 6.61 Å². The summed E-state index contributed by atoms with van der Waals surface area (Å²) in [6.07, 6.45) is 4.72. The van der Waals surface area contributed by atoms with Crippen LogP contribution in [0, 0.1) is 34.0 Å². The molecule has 0 aromatic rings. The number of aliphatic hydroxyl groups excluding tert-OH is 2. The molecule has 1 aliphatic heterocycles. The van der Waals surface area contributed by atoms with Gasteiger partial charge in [0.2, 0.25) is 0 Å². The maximum Gasteiger partial charge on any atom is 0.315 e. The van der Waals surface area contributed by atoms with E-state index in [1.807, 2.05) is 6.92 Å². The van der Waals surface area contributed by atoms with Crippen molar-refractivity contribution in [2.45, 2.75) is 76.6 Å². The number of ether oxygens (including phenoxy) is 1. The lowest BCUT2D eigenvalue weighted by Crippen LogP contribution is -2.66. The molecule has 1 saturated heterocycles. The van der Waals surface area contributed by atoms with E-state index in [0.717, 1.165) is 32.1 Å². The van der Waals surface area contributed by atoms with Gasteiger partial charge in [-0.15, -0.1) is 0 Å². The standard InChI is InChI=1S/C20H30O5/c1-17-6-3-7-19(10-21)14(17)13(25-16(19)23)15(22)20-8-11(4-5-12(17)20)18(2,24)9-20/h11-15,21-22,24H,3-10H2,1-2H3. The first-order valence-electron chi connectivity index (χ1n) is 9.94. The van der Waals surface area contributed by atoms with Crippen molar-refractivity contribution in [2.24, 2.45) is 34.0 Å². The maximum atomic E-state index is 12.8. The Balaban J connectivity index is 1.68. The van der Waals surface area contributed by atoms with Crippen LogP contribution in [0.25, 0.3) is 0 Å². The van der Waals surface area contributed by atoms with Crippen LogP contribution in [-0.2, 0) is 9.53 Å². The normalized spacial score (nSPS) is 62.3. The monoisotopic (exact) mass is 350 g/mol. The Morgan fingerprint density at radius 1 is 1.24 bits per heavy atom. The maximum absolute atomic E-state index is 12.8. The Labute approximate surface area is 148 Å². The van der Waals surface area contributed by atoms with Gasteiger partial charge in [0.25, 0.3) is 0 Å². The molecular formula is C20H30O5. The van der Waals surface area contributed by atoms with E-state index in [1.165, 1.54) is 0 Å². The van der Waals surface area contributed by atoms with Gasteiger partial charge >= 0.3 is 5.97 Å². The molecule has 1 heterocycles. The zero-order valence-corrected chi connectivity index (χ0v) is 15.2. The molecule has 9 unspecified atom stereocenters. The van der Waals surface area contributed by atoms with Gasteiger partial charge in [0, 0.05) is 11.3 Å². The molecule has 0 aromatic carbocycles. The number of carbonyl (C=O) groups is 1. The van der Waals surface area contributed by atoms with Gasteiger partial charge in [-0.3, -0.25) is 4.79 Å². The van der Waals surface area contributed by atoms with E-state index >= 15 is 0 Å². The molecule has 25 heavy (non-hydrogen) atoms. The lowest BCUT2D eigenvalue weighted by Gasteiger charge is -2.64. The van der Waals surface area contributed by atoms with Crippen LogP contribution in [0.4, 0.5) is 0 Å². The fourth-order valence-corrected chi connectivity index (χ4v) is 8.47. The Morgan fingerprint density at radius 2 is 2.00 bits per heavy atom. The molecule has 4 saturated carbocycles. The van der Waals surface area contributed by atoms with Gasteiger partial charge in [0.05, 0.1) is 23.7 Å². The predicted molar refractivity (Wildman–Crippen MR) is 89.4 cm³/mol. The van der Waals surface area contributed by atoms with Gasteiger partial charge < -0.3 is 20.1 Å². The Kier molecular flexibility index (Phi) is 3.04. The SMILES string of the molecule is CC1(O)CC23CC1CCC2C1(C)CCCC2(CO)C(=O)OC(C21)C3O. The predicted octanol–water partition coefficient (Wildman–Crippen LogP) is 1.63. The Hall–Kier alpha value is -0.650. The van der Waals surface area contributed by atoms with E-state index in [2.05, 4.69) is 6.92 Å². The molecule has 5 fully saturated rings. The minimum absolute atomic E-state index is 0.112. The van der Waals surface area contributed by atoms with Gasteiger partial charge in [-0.2, -0.15) is 0 Å². The van der Waals surface area contributed by atoms with Gasteiger partial charge in [0.15, 0.2) is 0 Å². The van der Waals surface area contributed by atoms with E-state index < -0.39 is 23.2 Å². The third-order valence-electron chi connectivity index (χ3n) is 9.29. The molecule has 5 rings (SSSR count). The van der Waals surface area contributed by atoms with Crippen LogP contribution >= 0.6 is 0 Å². The van der Waals surface area contributed by atoms with Crippen LogP contribution < -0.4 is 0 Å². The zero-order valence-electron chi connectivity index (χ0n) is 15.2. The second-order valence-corrected chi connectivity index (χ2v) is 10.3. The number of carbonyl (C=O) groups excluding carboxylic acids is 1. The highest BCUT2D eigenvalue weighted by Crippen LogP contribution is 2.74. The first kappa shape index (κ1) is 16.5. The largest absolute Gasteiger partial charge is 0.459 e. The lowest BCUT2D eigenvalue weighted by molar-refractivity contribution is -0.224. The zero-order chi connectivity index (χ0) is 17.8. The van der Waals surface area contributed by atoms with Crippen molar-refractivity contribution in [3.8, 4) is 0 Å². The van der Waals surface area contributed by atoms with E-state index in [-0.39, 0.29) is 41.2 Å². The van der Waals surface area contributed by atoms with Gasteiger partial charge in [-0.05, 0) is 62.7 Å². The smallest absolute Gasteiger partial charge is 0.315 e. The number of hydrogen-bond acceptors (Lipinski definition) is 5. The summed E-state index contributed by atoms with van der Waals surface area (Å²) in [6, 6.07) is 0. The molecule has 2 bridgehead atoms.